The van der Waals surface area contributed by atoms with Gasteiger partial charge in [0.1, 0.15) is 0 Å². The Morgan fingerprint density at radius 2 is 2.05 bits per heavy atom. The fourth-order valence-corrected chi connectivity index (χ4v) is 2.53. The van der Waals surface area contributed by atoms with Crippen LogP contribution in [-0.4, -0.2) is 41.1 Å². The lowest BCUT2D eigenvalue weighted by molar-refractivity contribution is -0.136. The molecule has 1 heterocycles. The largest absolute Gasteiger partial charge is 0.387 e. The van der Waals surface area contributed by atoms with Crippen LogP contribution in [0.5, 0.6) is 0 Å². The van der Waals surface area contributed by atoms with Gasteiger partial charge in [0.25, 0.3) is 0 Å². The van der Waals surface area contributed by atoms with E-state index in [4.69, 9.17) is 0 Å². The minimum Gasteiger partial charge on any atom is -0.387 e. The SMILES string of the molecule is CC1(C)C(=O)NCCN1CC(O)c1ccc(Br)cc1. The molecule has 0 saturated carbocycles. The van der Waals surface area contributed by atoms with Crippen LogP contribution in [-0.2, 0) is 4.79 Å². The van der Waals surface area contributed by atoms with Gasteiger partial charge in [0.2, 0.25) is 5.91 Å². The molecular formula is C14H19BrN2O2. The van der Waals surface area contributed by atoms with Gasteiger partial charge in [-0.3, -0.25) is 9.69 Å². The number of nitrogens with zero attached hydrogens (tertiary/aromatic N) is 1. The lowest BCUT2D eigenvalue weighted by Crippen LogP contribution is -2.62. The molecule has 1 aliphatic heterocycles. The van der Waals surface area contributed by atoms with Crippen LogP contribution >= 0.6 is 15.9 Å². The van der Waals surface area contributed by atoms with Crippen LogP contribution in [0.15, 0.2) is 28.7 Å². The number of carbonyl (C=O) groups excluding carboxylic acids is 1. The summed E-state index contributed by atoms with van der Waals surface area (Å²) < 4.78 is 0.987. The van der Waals surface area contributed by atoms with E-state index < -0.39 is 11.6 Å². The first-order valence-electron chi connectivity index (χ1n) is 6.38. The Bertz CT molecular complexity index is 459. The number of amides is 1. The molecule has 1 saturated heterocycles. The second-order valence-electron chi connectivity index (χ2n) is 5.33. The van der Waals surface area contributed by atoms with E-state index in [1.54, 1.807) is 0 Å². The third-order valence-electron chi connectivity index (χ3n) is 3.66. The summed E-state index contributed by atoms with van der Waals surface area (Å²) in [5, 5.41) is 13.1. The summed E-state index contributed by atoms with van der Waals surface area (Å²) in [4.78, 5) is 13.9. The standard InChI is InChI=1S/C14H19BrN2O2/c1-14(2)13(19)16-7-8-17(14)9-12(18)10-3-5-11(15)6-4-10/h3-6,12,18H,7-9H2,1-2H3,(H,16,19). The fourth-order valence-electron chi connectivity index (χ4n) is 2.26. The Labute approximate surface area is 121 Å². The molecule has 0 aliphatic carbocycles. The number of aliphatic hydroxyl groups excluding tert-OH is 1. The first-order valence-corrected chi connectivity index (χ1v) is 7.17. The summed E-state index contributed by atoms with van der Waals surface area (Å²) in [5.74, 6) is 0.0155. The minimum absolute atomic E-state index is 0.0155. The number of benzene rings is 1. The molecule has 1 fully saturated rings. The molecule has 1 aliphatic rings. The Hall–Kier alpha value is -0.910. The van der Waals surface area contributed by atoms with Gasteiger partial charge in [-0.1, -0.05) is 28.1 Å². The molecule has 1 aromatic carbocycles. The summed E-state index contributed by atoms with van der Waals surface area (Å²) in [7, 11) is 0. The third kappa shape index (κ3) is 3.16. The molecular weight excluding hydrogens is 308 g/mol. The van der Waals surface area contributed by atoms with Gasteiger partial charge >= 0.3 is 0 Å². The maximum absolute atomic E-state index is 11.8. The topological polar surface area (TPSA) is 52.6 Å². The number of nitrogens with one attached hydrogen (secondary N) is 1. The highest BCUT2D eigenvalue weighted by Gasteiger charge is 2.38. The van der Waals surface area contributed by atoms with Crippen LogP contribution in [0, 0.1) is 0 Å². The molecule has 2 rings (SSSR count). The molecule has 2 N–H and O–H groups in total. The molecule has 5 heteroatoms. The number of halogens is 1. The Balaban J connectivity index is 2.07. The Morgan fingerprint density at radius 3 is 2.68 bits per heavy atom. The number of rotatable bonds is 3. The van der Waals surface area contributed by atoms with Gasteiger partial charge in [0, 0.05) is 24.1 Å². The number of β-amino-alcohol motifs (C(OH)–C–C–N with tert-alkyl or cyclic N) is 1. The van der Waals surface area contributed by atoms with E-state index in [-0.39, 0.29) is 5.91 Å². The lowest BCUT2D eigenvalue weighted by atomic mass is 9.97. The van der Waals surface area contributed by atoms with E-state index in [9.17, 15) is 9.90 Å². The maximum Gasteiger partial charge on any atom is 0.240 e. The van der Waals surface area contributed by atoms with Crippen LogP contribution in [0.4, 0.5) is 0 Å². The van der Waals surface area contributed by atoms with Crippen molar-refractivity contribution in [2.75, 3.05) is 19.6 Å². The van der Waals surface area contributed by atoms with E-state index in [1.165, 1.54) is 0 Å². The first kappa shape index (κ1) is 14.5. The zero-order valence-electron chi connectivity index (χ0n) is 11.2. The van der Waals surface area contributed by atoms with Crippen LogP contribution in [0.25, 0.3) is 0 Å². The van der Waals surface area contributed by atoms with Crippen molar-refractivity contribution in [2.24, 2.45) is 0 Å². The third-order valence-corrected chi connectivity index (χ3v) is 4.19. The van der Waals surface area contributed by atoms with E-state index >= 15 is 0 Å². The molecule has 4 nitrogen and oxygen atoms in total. The zero-order valence-corrected chi connectivity index (χ0v) is 12.8. The second-order valence-corrected chi connectivity index (χ2v) is 6.24. The van der Waals surface area contributed by atoms with Crippen molar-refractivity contribution in [1.82, 2.24) is 10.2 Å². The highest BCUT2D eigenvalue weighted by molar-refractivity contribution is 9.10. The second kappa shape index (κ2) is 5.61. The molecule has 0 spiro atoms. The highest BCUT2D eigenvalue weighted by Crippen LogP contribution is 2.23. The summed E-state index contributed by atoms with van der Waals surface area (Å²) >= 11 is 3.37. The van der Waals surface area contributed by atoms with Crippen LogP contribution < -0.4 is 5.32 Å². The van der Waals surface area contributed by atoms with Gasteiger partial charge in [-0.25, -0.2) is 0 Å². The molecule has 0 radical (unpaired) electrons. The van der Waals surface area contributed by atoms with Crippen LogP contribution in [0.2, 0.25) is 0 Å². The number of aliphatic hydroxyl groups is 1. The van der Waals surface area contributed by atoms with Gasteiger partial charge in [0.05, 0.1) is 11.6 Å². The Kier molecular flexibility index (Phi) is 4.28. The quantitative estimate of drug-likeness (QED) is 0.888. The van der Waals surface area contributed by atoms with E-state index in [0.717, 1.165) is 16.6 Å². The van der Waals surface area contributed by atoms with Crippen molar-refractivity contribution in [3.63, 3.8) is 0 Å². The molecule has 0 aromatic heterocycles. The predicted octanol–water partition coefficient (Wildman–Crippen LogP) is 1.69. The van der Waals surface area contributed by atoms with E-state index in [0.29, 0.717) is 13.1 Å². The van der Waals surface area contributed by atoms with Gasteiger partial charge in [-0.2, -0.15) is 0 Å². The summed E-state index contributed by atoms with van der Waals surface area (Å²) in [5.41, 5.74) is 0.291. The average molecular weight is 327 g/mol. The Morgan fingerprint density at radius 1 is 1.42 bits per heavy atom. The van der Waals surface area contributed by atoms with E-state index in [2.05, 4.69) is 21.2 Å². The van der Waals surface area contributed by atoms with Crippen molar-refractivity contribution in [3.05, 3.63) is 34.3 Å². The van der Waals surface area contributed by atoms with Crippen molar-refractivity contribution in [2.45, 2.75) is 25.5 Å². The normalized spacial score (nSPS) is 20.9. The predicted molar refractivity (Wildman–Crippen MR) is 77.8 cm³/mol. The van der Waals surface area contributed by atoms with Crippen molar-refractivity contribution in [3.8, 4) is 0 Å². The maximum atomic E-state index is 11.8. The fraction of sp³-hybridized carbons (Fsp3) is 0.500. The number of hydrogen-bond acceptors (Lipinski definition) is 3. The molecule has 104 valence electrons. The lowest BCUT2D eigenvalue weighted by Gasteiger charge is -2.42. The van der Waals surface area contributed by atoms with Gasteiger partial charge in [0.15, 0.2) is 0 Å². The van der Waals surface area contributed by atoms with Crippen molar-refractivity contribution >= 4 is 21.8 Å². The number of carbonyl (C=O) groups is 1. The first-order chi connectivity index (χ1) is 8.91. The summed E-state index contributed by atoms with van der Waals surface area (Å²) in [6, 6.07) is 7.61. The molecule has 19 heavy (non-hydrogen) atoms. The van der Waals surface area contributed by atoms with Crippen molar-refractivity contribution < 1.29 is 9.90 Å². The highest BCUT2D eigenvalue weighted by atomic mass is 79.9. The molecule has 1 unspecified atom stereocenters. The number of hydrogen-bond donors (Lipinski definition) is 2. The zero-order chi connectivity index (χ0) is 14.0. The van der Waals surface area contributed by atoms with Gasteiger partial charge in [-0.15, -0.1) is 0 Å². The van der Waals surface area contributed by atoms with Gasteiger partial charge in [-0.05, 0) is 31.5 Å². The molecule has 0 bridgehead atoms. The monoisotopic (exact) mass is 326 g/mol. The molecule has 1 amide bonds. The molecule has 1 aromatic rings. The summed E-state index contributed by atoms with van der Waals surface area (Å²) in [6.45, 7) is 5.62. The van der Waals surface area contributed by atoms with E-state index in [1.807, 2.05) is 43.0 Å². The smallest absolute Gasteiger partial charge is 0.240 e. The number of piperazine rings is 1. The van der Waals surface area contributed by atoms with Crippen LogP contribution in [0.3, 0.4) is 0 Å². The average Bonchev–Trinajstić information content (AvgIpc) is 2.36. The van der Waals surface area contributed by atoms with Crippen LogP contribution in [0.1, 0.15) is 25.5 Å². The minimum atomic E-state index is -0.585. The molecule has 1 atom stereocenters. The van der Waals surface area contributed by atoms with Crippen molar-refractivity contribution in [1.29, 1.82) is 0 Å². The van der Waals surface area contributed by atoms with Gasteiger partial charge < -0.3 is 10.4 Å². The summed E-state index contributed by atoms with van der Waals surface area (Å²) in [6.07, 6.45) is -0.585.